The third-order valence-corrected chi connectivity index (χ3v) is 4.22. The van der Waals surface area contributed by atoms with Gasteiger partial charge in [-0.1, -0.05) is 35.3 Å². The Balaban J connectivity index is 2.14. The quantitative estimate of drug-likeness (QED) is 0.840. The Morgan fingerprint density at radius 1 is 1.37 bits per heavy atom. The molecule has 0 radical (unpaired) electrons. The number of carbonyl (C=O) groups is 2. The molecule has 0 heterocycles. The Kier molecular flexibility index (Phi) is 3.74. The van der Waals surface area contributed by atoms with Crippen molar-refractivity contribution in [2.45, 2.75) is 25.8 Å². The van der Waals surface area contributed by atoms with Crippen molar-refractivity contribution in [1.82, 2.24) is 5.32 Å². The molecule has 1 unspecified atom stereocenters. The summed E-state index contributed by atoms with van der Waals surface area (Å²) in [6.45, 7) is 1.74. The Labute approximate surface area is 120 Å². The van der Waals surface area contributed by atoms with Crippen LogP contribution >= 0.6 is 23.2 Å². The number of carboxylic acids is 1. The van der Waals surface area contributed by atoms with Gasteiger partial charge in [0.05, 0.1) is 16.1 Å². The van der Waals surface area contributed by atoms with Gasteiger partial charge in [-0.15, -0.1) is 0 Å². The third kappa shape index (κ3) is 2.55. The molecule has 2 N–H and O–H groups in total. The standard InChI is InChI=1S/C13H13Cl2NO3/c1-7(8-3-2-4-9(14)10(8)15)16-11(17)13(5-6-13)12(18)19/h2-4,7H,5-6H2,1H3,(H,16,17)(H,18,19). The molecule has 102 valence electrons. The smallest absolute Gasteiger partial charge is 0.319 e. The van der Waals surface area contributed by atoms with Gasteiger partial charge >= 0.3 is 5.97 Å². The van der Waals surface area contributed by atoms with Crippen LogP contribution in [0.25, 0.3) is 0 Å². The summed E-state index contributed by atoms with van der Waals surface area (Å²) in [5.41, 5.74) is -0.581. The van der Waals surface area contributed by atoms with E-state index < -0.39 is 23.3 Å². The molecular formula is C13H13Cl2NO3. The molecule has 0 aliphatic heterocycles. The van der Waals surface area contributed by atoms with Gasteiger partial charge < -0.3 is 10.4 Å². The van der Waals surface area contributed by atoms with E-state index in [1.807, 2.05) is 0 Å². The van der Waals surface area contributed by atoms with Crippen LogP contribution in [0.3, 0.4) is 0 Å². The second-order valence-electron chi connectivity index (χ2n) is 4.73. The van der Waals surface area contributed by atoms with Crippen LogP contribution < -0.4 is 5.32 Å². The number of rotatable bonds is 4. The summed E-state index contributed by atoms with van der Waals surface area (Å²) in [4.78, 5) is 23.0. The molecule has 6 heteroatoms. The molecule has 4 nitrogen and oxygen atoms in total. The van der Waals surface area contributed by atoms with Crippen molar-refractivity contribution in [1.29, 1.82) is 0 Å². The number of nitrogens with one attached hydrogen (secondary N) is 1. The van der Waals surface area contributed by atoms with E-state index in [-0.39, 0.29) is 0 Å². The topological polar surface area (TPSA) is 66.4 Å². The summed E-state index contributed by atoms with van der Waals surface area (Å²) in [6.07, 6.45) is 0.758. The molecule has 0 saturated heterocycles. The predicted octanol–water partition coefficient (Wildman–Crippen LogP) is 3.04. The summed E-state index contributed by atoms with van der Waals surface area (Å²) in [7, 11) is 0. The van der Waals surface area contributed by atoms with Crippen LogP contribution in [0.5, 0.6) is 0 Å². The number of carbonyl (C=O) groups excluding carboxylic acids is 1. The van der Waals surface area contributed by atoms with Gasteiger partial charge in [0.1, 0.15) is 5.41 Å². The average molecular weight is 302 g/mol. The van der Waals surface area contributed by atoms with E-state index in [1.54, 1.807) is 25.1 Å². The highest BCUT2D eigenvalue weighted by Gasteiger charge is 2.57. The van der Waals surface area contributed by atoms with E-state index >= 15 is 0 Å². The Morgan fingerprint density at radius 2 is 2.00 bits per heavy atom. The van der Waals surface area contributed by atoms with Gasteiger partial charge in [0, 0.05) is 0 Å². The fourth-order valence-corrected chi connectivity index (χ4v) is 2.40. The molecule has 0 spiro atoms. The van der Waals surface area contributed by atoms with Crippen LogP contribution in [0.15, 0.2) is 18.2 Å². The van der Waals surface area contributed by atoms with Gasteiger partial charge in [0.25, 0.3) is 0 Å². The largest absolute Gasteiger partial charge is 0.480 e. The molecule has 1 atom stereocenters. The lowest BCUT2D eigenvalue weighted by atomic mass is 10.0. The summed E-state index contributed by atoms with van der Waals surface area (Å²) in [6, 6.07) is 4.74. The van der Waals surface area contributed by atoms with E-state index in [1.165, 1.54) is 0 Å². The molecular weight excluding hydrogens is 289 g/mol. The van der Waals surface area contributed by atoms with Crippen molar-refractivity contribution < 1.29 is 14.7 Å². The number of carboxylic acid groups (broad SMARTS) is 1. The zero-order valence-electron chi connectivity index (χ0n) is 10.2. The summed E-state index contributed by atoms with van der Waals surface area (Å²) < 4.78 is 0. The first-order valence-electron chi connectivity index (χ1n) is 5.87. The number of benzene rings is 1. The SMILES string of the molecule is CC(NC(=O)C1(C(=O)O)CC1)c1cccc(Cl)c1Cl. The molecule has 0 bridgehead atoms. The number of aliphatic carboxylic acids is 1. The highest BCUT2D eigenvalue weighted by molar-refractivity contribution is 6.42. The van der Waals surface area contributed by atoms with Crippen LogP contribution in [-0.4, -0.2) is 17.0 Å². The normalized spacial score (nSPS) is 17.6. The minimum Gasteiger partial charge on any atom is -0.480 e. The fourth-order valence-electron chi connectivity index (χ4n) is 1.93. The lowest BCUT2D eigenvalue weighted by Crippen LogP contribution is -2.38. The molecule has 1 saturated carbocycles. The van der Waals surface area contributed by atoms with Crippen LogP contribution in [0, 0.1) is 5.41 Å². The molecule has 0 aromatic heterocycles. The molecule has 1 aromatic rings. The maximum Gasteiger partial charge on any atom is 0.319 e. The highest BCUT2D eigenvalue weighted by Crippen LogP contribution is 2.46. The van der Waals surface area contributed by atoms with Gasteiger partial charge in [-0.25, -0.2) is 0 Å². The summed E-state index contributed by atoms with van der Waals surface area (Å²) >= 11 is 12.0. The van der Waals surface area contributed by atoms with Gasteiger partial charge in [-0.3, -0.25) is 9.59 Å². The highest BCUT2D eigenvalue weighted by atomic mass is 35.5. The fraction of sp³-hybridized carbons (Fsp3) is 0.385. The maximum absolute atomic E-state index is 12.0. The molecule has 19 heavy (non-hydrogen) atoms. The second-order valence-corrected chi connectivity index (χ2v) is 5.51. The van der Waals surface area contributed by atoms with Gasteiger partial charge in [0.15, 0.2) is 0 Å². The summed E-state index contributed by atoms with van der Waals surface area (Å²) in [5.74, 6) is -1.54. The Hall–Kier alpha value is -1.26. The summed E-state index contributed by atoms with van der Waals surface area (Å²) in [5, 5.41) is 12.5. The monoisotopic (exact) mass is 301 g/mol. The van der Waals surface area contributed by atoms with Crippen molar-refractivity contribution in [2.75, 3.05) is 0 Å². The zero-order valence-corrected chi connectivity index (χ0v) is 11.8. The Morgan fingerprint density at radius 3 is 2.53 bits per heavy atom. The van der Waals surface area contributed by atoms with Crippen LogP contribution in [-0.2, 0) is 9.59 Å². The van der Waals surface area contributed by atoms with Crippen molar-refractivity contribution in [2.24, 2.45) is 5.41 Å². The van der Waals surface area contributed by atoms with Crippen LogP contribution in [0.2, 0.25) is 10.0 Å². The first-order chi connectivity index (χ1) is 8.88. The van der Waals surface area contributed by atoms with Crippen LogP contribution in [0.4, 0.5) is 0 Å². The molecule has 2 rings (SSSR count). The van der Waals surface area contributed by atoms with E-state index in [0.29, 0.717) is 28.5 Å². The zero-order chi connectivity index (χ0) is 14.2. The average Bonchev–Trinajstić information content (AvgIpc) is 3.13. The van der Waals surface area contributed by atoms with Crippen molar-refractivity contribution in [3.63, 3.8) is 0 Å². The first-order valence-corrected chi connectivity index (χ1v) is 6.62. The minimum atomic E-state index is -1.25. The Bertz CT molecular complexity index is 541. The van der Waals surface area contributed by atoms with E-state index in [2.05, 4.69) is 5.32 Å². The minimum absolute atomic E-state index is 0.372. The van der Waals surface area contributed by atoms with Crippen molar-refractivity contribution in [3.05, 3.63) is 33.8 Å². The maximum atomic E-state index is 12.0. The predicted molar refractivity (Wildman–Crippen MR) is 72.3 cm³/mol. The number of hydrogen-bond acceptors (Lipinski definition) is 2. The molecule has 1 aromatic carbocycles. The van der Waals surface area contributed by atoms with Crippen molar-refractivity contribution >= 4 is 35.1 Å². The van der Waals surface area contributed by atoms with Crippen molar-refractivity contribution in [3.8, 4) is 0 Å². The lowest BCUT2D eigenvalue weighted by molar-refractivity contribution is -0.149. The number of amides is 1. The van der Waals surface area contributed by atoms with Crippen LogP contribution in [0.1, 0.15) is 31.4 Å². The molecule has 1 aliphatic carbocycles. The molecule has 1 amide bonds. The van der Waals surface area contributed by atoms with E-state index in [0.717, 1.165) is 0 Å². The number of hydrogen-bond donors (Lipinski definition) is 2. The van der Waals surface area contributed by atoms with E-state index in [4.69, 9.17) is 28.3 Å². The first kappa shape index (κ1) is 14.2. The van der Waals surface area contributed by atoms with Gasteiger partial charge in [-0.05, 0) is 31.4 Å². The molecule has 1 aliphatic rings. The van der Waals surface area contributed by atoms with Gasteiger partial charge in [0.2, 0.25) is 5.91 Å². The number of halogens is 2. The second kappa shape index (κ2) is 5.02. The van der Waals surface area contributed by atoms with E-state index in [9.17, 15) is 9.59 Å². The molecule has 1 fully saturated rings. The third-order valence-electron chi connectivity index (χ3n) is 3.39. The lowest BCUT2D eigenvalue weighted by Gasteiger charge is -2.18. The van der Waals surface area contributed by atoms with Gasteiger partial charge in [-0.2, -0.15) is 0 Å².